The Morgan fingerprint density at radius 1 is 1.40 bits per heavy atom. The molecule has 1 N–H and O–H groups in total. The number of oxazole rings is 1. The molecule has 134 valence electrons. The van der Waals surface area contributed by atoms with Crippen LogP contribution < -0.4 is 5.32 Å². The Labute approximate surface area is 147 Å². The fourth-order valence-corrected chi connectivity index (χ4v) is 3.21. The molecule has 6 nitrogen and oxygen atoms in total. The third kappa shape index (κ3) is 4.38. The lowest BCUT2D eigenvalue weighted by atomic mass is 9.96. The number of nitrogens with zero attached hydrogens (tertiary/aromatic N) is 2. The van der Waals surface area contributed by atoms with Crippen molar-refractivity contribution in [1.82, 2.24) is 15.2 Å². The van der Waals surface area contributed by atoms with Crippen LogP contribution in [0.3, 0.4) is 0 Å². The lowest BCUT2D eigenvalue weighted by Crippen LogP contribution is -2.47. The van der Waals surface area contributed by atoms with Crippen molar-refractivity contribution in [1.29, 1.82) is 0 Å². The number of carbonyl (C=O) groups excluding carboxylic acids is 2. The highest BCUT2D eigenvalue weighted by atomic mass is 16.3. The summed E-state index contributed by atoms with van der Waals surface area (Å²) in [6.07, 6.45) is 1.64. The number of para-hydroxylation sites is 2. The molecule has 2 aromatic rings. The van der Waals surface area contributed by atoms with Crippen LogP contribution in [0.2, 0.25) is 0 Å². The molecule has 1 atom stereocenters. The molecule has 0 radical (unpaired) electrons. The number of amides is 2. The fraction of sp³-hybridized carbons (Fsp3) is 0.526. The van der Waals surface area contributed by atoms with Gasteiger partial charge < -0.3 is 14.6 Å². The smallest absolute Gasteiger partial charge is 0.224 e. The quantitative estimate of drug-likeness (QED) is 0.874. The molecule has 0 spiro atoms. The standard InChI is InChI=1S/C19H25N3O3/c1-13(2)11-22-12-14(7-8-18(22)23)19(24)20-10-9-17-21-15-5-3-4-6-16(15)25-17/h3-6,13-14H,7-12H2,1-2H3,(H,20,24). The first kappa shape index (κ1) is 17.5. The van der Waals surface area contributed by atoms with Gasteiger partial charge in [0.05, 0.1) is 5.92 Å². The van der Waals surface area contributed by atoms with Crippen molar-refractivity contribution in [2.75, 3.05) is 19.6 Å². The van der Waals surface area contributed by atoms with Gasteiger partial charge in [0.25, 0.3) is 0 Å². The SMILES string of the molecule is CC(C)CN1CC(C(=O)NCCc2nc3ccccc3o2)CCC1=O. The van der Waals surface area contributed by atoms with Crippen LogP contribution in [0.25, 0.3) is 11.1 Å². The second-order valence-electron chi connectivity index (χ2n) is 7.04. The Balaban J connectivity index is 1.49. The van der Waals surface area contributed by atoms with Gasteiger partial charge >= 0.3 is 0 Å². The number of fused-ring (bicyclic) bond motifs is 1. The minimum Gasteiger partial charge on any atom is -0.441 e. The topological polar surface area (TPSA) is 75.4 Å². The molecule has 2 amide bonds. The molecule has 0 bridgehead atoms. The number of nitrogens with one attached hydrogen (secondary N) is 1. The summed E-state index contributed by atoms with van der Waals surface area (Å²) >= 11 is 0. The van der Waals surface area contributed by atoms with E-state index in [1.54, 1.807) is 0 Å². The van der Waals surface area contributed by atoms with Crippen LogP contribution in [0, 0.1) is 11.8 Å². The fourth-order valence-electron chi connectivity index (χ4n) is 3.21. The average Bonchev–Trinajstić information content (AvgIpc) is 2.99. The van der Waals surface area contributed by atoms with Gasteiger partial charge in [-0.05, 0) is 24.5 Å². The van der Waals surface area contributed by atoms with Crippen molar-refractivity contribution in [3.8, 4) is 0 Å². The predicted molar refractivity (Wildman–Crippen MR) is 94.9 cm³/mol. The maximum Gasteiger partial charge on any atom is 0.224 e. The molecule has 1 fully saturated rings. The zero-order valence-corrected chi connectivity index (χ0v) is 14.8. The van der Waals surface area contributed by atoms with E-state index in [0.717, 1.165) is 11.1 Å². The number of hydrogen-bond acceptors (Lipinski definition) is 4. The van der Waals surface area contributed by atoms with Crippen molar-refractivity contribution in [2.45, 2.75) is 33.1 Å². The molecule has 1 aliphatic rings. The summed E-state index contributed by atoms with van der Waals surface area (Å²) < 4.78 is 5.65. The highest BCUT2D eigenvalue weighted by Gasteiger charge is 2.30. The van der Waals surface area contributed by atoms with Crippen molar-refractivity contribution < 1.29 is 14.0 Å². The Morgan fingerprint density at radius 3 is 2.96 bits per heavy atom. The molecular formula is C19H25N3O3. The first-order chi connectivity index (χ1) is 12.0. The molecule has 1 aromatic heterocycles. The van der Waals surface area contributed by atoms with Gasteiger partial charge in [-0.1, -0.05) is 26.0 Å². The number of carbonyl (C=O) groups is 2. The third-order valence-corrected chi connectivity index (χ3v) is 4.43. The highest BCUT2D eigenvalue weighted by Crippen LogP contribution is 2.19. The largest absolute Gasteiger partial charge is 0.441 e. The van der Waals surface area contributed by atoms with E-state index in [-0.39, 0.29) is 17.7 Å². The first-order valence-corrected chi connectivity index (χ1v) is 8.93. The van der Waals surface area contributed by atoms with Gasteiger partial charge in [-0.3, -0.25) is 9.59 Å². The van der Waals surface area contributed by atoms with Crippen LogP contribution in [-0.2, 0) is 16.0 Å². The Kier molecular flexibility index (Phi) is 5.36. The van der Waals surface area contributed by atoms with Gasteiger partial charge in [0.2, 0.25) is 11.8 Å². The molecule has 0 aliphatic carbocycles. The molecule has 1 aliphatic heterocycles. The van der Waals surface area contributed by atoms with E-state index in [4.69, 9.17) is 4.42 Å². The van der Waals surface area contributed by atoms with Crippen molar-refractivity contribution >= 4 is 22.9 Å². The Hall–Kier alpha value is -2.37. The van der Waals surface area contributed by atoms with E-state index in [1.165, 1.54) is 0 Å². The van der Waals surface area contributed by atoms with Gasteiger partial charge in [0.15, 0.2) is 11.5 Å². The van der Waals surface area contributed by atoms with E-state index >= 15 is 0 Å². The van der Waals surface area contributed by atoms with E-state index < -0.39 is 0 Å². The Morgan fingerprint density at radius 2 is 2.20 bits per heavy atom. The summed E-state index contributed by atoms with van der Waals surface area (Å²) in [5.74, 6) is 1.08. The van der Waals surface area contributed by atoms with Crippen LogP contribution in [0.5, 0.6) is 0 Å². The number of piperidine rings is 1. The molecule has 3 rings (SSSR count). The summed E-state index contributed by atoms with van der Waals surface area (Å²) in [4.78, 5) is 30.6. The van der Waals surface area contributed by atoms with Crippen LogP contribution in [0.1, 0.15) is 32.6 Å². The van der Waals surface area contributed by atoms with Gasteiger partial charge in [-0.25, -0.2) is 4.98 Å². The lowest BCUT2D eigenvalue weighted by Gasteiger charge is -2.33. The number of rotatable bonds is 6. The lowest BCUT2D eigenvalue weighted by molar-refractivity contribution is -0.138. The van der Waals surface area contributed by atoms with Crippen LogP contribution in [0.4, 0.5) is 0 Å². The average molecular weight is 343 g/mol. The van der Waals surface area contributed by atoms with E-state index in [1.807, 2.05) is 29.2 Å². The summed E-state index contributed by atoms with van der Waals surface area (Å²) in [5.41, 5.74) is 1.60. The normalized spacial score (nSPS) is 18.1. The van der Waals surface area contributed by atoms with Crippen molar-refractivity contribution in [2.24, 2.45) is 11.8 Å². The zero-order valence-electron chi connectivity index (χ0n) is 14.8. The highest BCUT2D eigenvalue weighted by molar-refractivity contribution is 5.83. The molecule has 0 saturated carbocycles. The molecule has 1 aromatic carbocycles. The first-order valence-electron chi connectivity index (χ1n) is 8.93. The van der Waals surface area contributed by atoms with Gasteiger partial charge in [-0.2, -0.15) is 0 Å². The maximum atomic E-state index is 12.4. The molecule has 2 heterocycles. The predicted octanol–water partition coefficient (Wildman–Crippen LogP) is 2.38. The second kappa shape index (κ2) is 7.68. The second-order valence-corrected chi connectivity index (χ2v) is 7.04. The van der Waals surface area contributed by atoms with E-state index in [2.05, 4.69) is 24.1 Å². The number of aromatic nitrogens is 1. The monoisotopic (exact) mass is 343 g/mol. The molecule has 6 heteroatoms. The van der Waals surface area contributed by atoms with Gasteiger partial charge in [0, 0.05) is 32.5 Å². The van der Waals surface area contributed by atoms with Gasteiger partial charge in [-0.15, -0.1) is 0 Å². The minimum atomic E-state index is -0.125. The number of hydrogen-bond donors (Lipinski definition) is 1. The maximum absolute atomic E-state index is 12.4. The summed E-state index contributed by atoms with van der Waals surface area (Å²) in [6.45, 7) is 5.88. The van der Waals surface area contributed by atoms with E-state index in [9.17, 15) is 9.59 Å². The van der Waals surface area contributed by atoms with Crippen molar-refractivity contribution in [3.63, 3.8) is 0 Å². The Bertz CT molecular complexity index is 720. The minimum absolute atomic E-state index is 0.0115. The number of likely N-dealkylation sites (tertiary alicyclic amines) is 1. The molecule has 25 heavy (non-hydrogen) atoms. The van der Waals surface area contributed by atoms with Crippen LogP contribution in [0.15, 0.2) is 28.7 Å². The van der Waals surface area contributed by atoms with Crippen LogP contribution >= 0.6 is 0 Å². The van der Waals surface area contributed by atoms with Crippen LogP contribution in [-0.4, -0.2) is 41.3 Å². The molecular weight excluding hydrogens is 318 g/mol. The van der Waals surface area contributed by atoms with E-state index in [0.29, 0.717) is 50.7 Å². The van der Waals surface area contributed by atoms with Crippen molar-refractivity contribution in [3.05, 3.63) is 30.2 Å². The number of benzene rings is 1. The molecule has 1 saturated heterocycles. The summed E-state index contributed by atoms with van der Waals surface area (Å²) in [7, 11) is 0. The third-order valence-electron chi connectivity index (χ3n) is 4.43. The molecule has 1 unspecified atom stereocenters. The summed E-state index contributed by atoms with van der Waals surface area (Å²) in [6, 6.07) is 7.62. The zero-order chi connectivity index (χ0) is 17.8. The summed E-state index contributed by atoms with van der Waals surface area (Å²) in [5, 5.41) is 2.96. The van der Waals surface area contributed by atoms with Gasteiger partial charge in [0.1, 0.15) is 5.52 Å².